The fraction of sp³-hybridized carbons (Fsp3) is 0.300. The number of carbonyl (C=O) groups is 1. The fourth-order valence-electron chi connectivity index (χ4n) is 1.20. The lowest BCUT2D eigenvalue weighted by molar-refractivity contribution is -0.138. The Hall–Kier alpha value is -0.330. The average Bonchev–Trinajstić information content (AvgIpc) is 2.12. The SMILES string of the molecule is Cc1c(I)cccc1C[C@@H](N)C(=O)O.Cl. The molecule has 5 heteroatoms. The van der Waals surface area contributed by atoms with Crippen molar-refractivity contribution < 1.29 is 9.90 Å². The van der Waals surface area contributed by atoms with Gasteiger partial charge in [-0.3, -0.25) is 4.79 Å². The summed E-state index contributed by atoms with van der Waals surface area (Å²) in [6.45, 7) is 1.98. The highest BCUT2D eigenvalue weighted by atomic mass is 127. The van der Waals surface area contributed by atoms with E-state index in [1.807, 2.05) is 25.1 Å². The third-order valence-corrected chi connectivity index (χ3v) is 3.31. The highest BCUT2D eigenvalue weighted by Gasteiger charge is 2.13. The summed E-state index contributed by atoms with van der Waals surface area (Å²) in [5.41, 5.74) is 7.59. The van der Waals surface area contributed by atoms with Gasteiger partial charge in [-0.25, -0.2) is 0 Å². The first-order chi connectivity index (χ1) is 6.52. The highest BCUT2D eigenvalue weighted by molar-refractivity contribution is 14.1. The highest BCUT2D eigenvalue weighted by Crippen LogP contribution is 2.16. The third kappa shape index (κ3) is 3.96. The van der Waals surface area contributed by atoms with Crippen LogP contribution in [-0.4, -0.2) is 17.1 Å². The van der Waals surface area contributed by atoms with Crippen LogP contribution in [0, 0.1) is 10.5 Å². The number of carboxylic acid groups (broad SMARTS) is 1. The van der Waals surface area contributed by atoms with E-state index in [1.54, 1.807) is 0 Å². The summed E-state index contributed by atoms with van der Waals surface area (Å²) < 4.78 is 1.14. The van der Waals surface area contributed by atoms with Crippen LogP contribution in [0.2, 0.25) is 0 Å². The van der Waals surface area contributed by atoms with Gasteiger partial charge in [0.2, 0.25) is 0 Å². The molecular weight excluding hydrogens is 328 g/mol. The van der Waals surface area contributed by atoms with E-state index in [0.29, 0.717) is 6.42 Å². The van der Waals surface area contributed by atoms with Crippen molar-refractivity contribution in [1.29, 1.82) is 0 Å². The summed E-state index contributed by atoms with van der Waals surface area (Å²) in [6.07, 6.45) is 0.387. The maximum Gasteiger partial charge on any atom is 0.320 e. The molecule has 0 radical (unpaired) electrons. The molecule has 0 bridgehead atoms. The number of benzene rings is 1. The molecule has 3 nitrogen and oxygen atoms in total. The Morgan fingerprint density at radius 1 is 1.60 bits per heavy atom. The summed E-state index contributed by atoms with van der Waals surface area (Å²) in [5.74, 6) is -0.955. The van der Waals surface area contributed by atoms with Crippen molar-refractivity contribution in [2.75, 3.05) is 0 Å². The Morgan fingerprint density at radius 3 is 2.73 bits per heavy atom. The van der Waals surface area contributed by atoms with Gasteiger partial charge in [-0.2, -0.15) is 0 Å². The van der Waals surface area contributed by atoms with Gasteiger partial charge in [0.1, 0.15) is 6.04 Å². The second kappa shape index (κ2) is 6.30. The minimum absolute atomic E-state index is 0. The second-order valence-electron chi connectivity index (χ2n) is 3.17. The molecule has 3 N–H and O–H groups in total. The van der Waals surface area contributed by atoms with Crippen LogP contribution in [0.25, 0.3) is 0 Å². The zero-order valence-electron chi connectivity index (χ0n) is 8.24. The van der Waals surface area contributed by atoms with Gasteiger partial charge in [-0.15, -0.1) is 12.4 Å². The van der Waals surface area contributed by atoms with Gasteiger partial charge in [0.05, 0.1) is 0 Å². The lowest BCUT2D eigenvalue weighted by Crippen LogP contribution is -2.32. The maximum absolute atomic E-state index is 10.6. The van der Waals surface area contributed by atoms with Gasteiger partial charge < -0.3 is 10.8 Å². The Balaban J connectivity index is 0.00000196. The summed E-state index contributed by atoms with van der Waals surface area (Å²) in [6, 6.07) is 5.01. The van der Waals surface area contributed by atoms with Crippen molar-refractivity contribution in [3.05, 3.63) is 32.9 Å². The van der Waals surface area contributed by atoms with Crippen LogP contribution in [0.15, 0.2) is 18.2 Å². The standard InChI is InChI=1S/C10H12INO2.ClH/c1-6-7(3-2-4-8(6)11)5-9(12)10(13)14;/h2-4,9H,5,12H2,1H3,(H,13,14);1H/t9-;/m1./s1. The van der Waals surface area contributed by atoms with E-state index in [-0.39, 0.29) is 12.4 Å². The molecule has 1 aromatic carbocycles. The van der Waals surface area contributed by atoms with Gasteiger partial charge in [-0.1, -0.05) is 12.1 Å². The van der Waals surface area contributed by atoms with Crippen molar-refractivity contribution in [2.45, 2.75) is 19.4 Å². The topological polar surface area (TPSA) is 63.3 Å². The van der Waals surface area contributed by atoms with Crippen LogP contribution >= 0.6 is 35.0 Å². The van der Waals surface area contributed by atoms with Crippen molar-refractivity contribution in [3.63, 3.8) is 0 Å². The predicted octanol–water partition coefficient (Wildman–Crippen LogP) is 1.98. The minimum Gasteiger partial charge on any atom is -0.480 e. The Bertz CT molecular complexity index is 357. The Labute approximate surface area is 109 Å². The molecule has 0 aliphatic rings. The minimum atomic E-state index is -0.955. The molecule has 1 rings (SSSR count). The molecule has 0 saturated carbocycles. The fourth-order valence-corrected chi connectivity index (χ4v) is 1.75. The van der Waals surface area contributed by atoms with E-state index in [2.05, 4.69) is 22.6 Å². The summed E-state index contributed by atoms with van der Waals surface area (Å²) >= 11 is 2.23. The molecule has 0 aliphatic heterocycles. The molecule has 0 amide bonds. The average molecular weight is 342 g/mol. The van der Waals surface area contributed by atoms with Crippen molar-refractivity contribution >= 4 is 41.0 Å². The second-order valence-corrected chi connectivity index (χ2v) is 4.34. The molecule has 0 fully saturated rings. The predicted molar refractivity (Wildman–Crippen MR) is 70.5 cm³/mol. The van der Waals surface area contributed by atoms with E-state index in [0.717, 1.165) is 14.7 Å². The zero-order chi connectivity index (χ0) is 10.7. The molecule has 0 spiro atoms. The molecule has 1 aromatic rings. The molecule has 1 atom stereocenters. The van der Waals surface area contributed by atoms with E-state index in [9.17, 15) is 4.79 Å². The first-order valence-electron chi connectivity index (χ1n) is 4.24. The van der Waals surface area contributed by atoms with Crippen LogP contribution in [0.5, 0.6) is 0 Å². The van der Waals surface area contributed by atoms with Crippen LogP contribution < -0.4 is 5.73 Å². The summed E-state index contributed by atoms with van der Waals surface area (Å²) in [5, 5.41) is 8.68. The van der Waals surface area contributed by atoms with E-state index in [4.69, 9.17) is 10.8 Å². The largest absolute Gasteiger partial charge is 0.480 e. The van der Waals surface area contributed by atoms with Crippen molar-refractivity contribution in [2.24, 2.45) is 5.73 Å². The van der Waals surface area contributed by atoms with Gasteiger partial charge >= 0.3 is 5.97 Å². The molecule has 0 saturated heterocycles. The smallest absolute Gasteiger partial charge is 0.320 e. The molecule has 15 heavy (non-hydrogen) atoms. The molecule has 0 unspecified atom stereocenters. The molecular formula is C10H13ClINO2. The number of hydrogen-bond acceptors (Lipinski definition) is 2. The van der Waals surface area contributed by atoms with Crippen LogP contribution in [0.1, 0.15) is 11.1 Å². The zero-order valence-corrected chi connectivity index (χ0v) is 11.2. The van der Waals surface area contributed by atoms with Crippen molar-refractivity contribution in [1.82, 2.24) is 0 Å². The summed E-state index contributed by atoms with van der Waals surface area (Å²) in [7, 11) is 0. The quantitative estimate of drug-likeness (QED) is 0.826. The number of hydrogen-bond donors (Lipinski definition) is 2. The van der Waals surface area contributed by atoms with Gasteiger partial charge in [0.15, 0.2) is 0 Å². The van der Waals surface area contributed by atoms with Crippen LogP contribution in [0.4, 0.5) is 0 Å². The van der Waals surface area contributed by atoms with E-state index in [1.165, 1.54) is 0 Å². The normalized spacial score (nSPS) is 11.7. The number of carboxylic acids is 1. The van der Waals surface area contributed by atoms with Gasteiger partial charge in [-0.05, 0) is 53.1 Å². The third-order valence-electron chi connectivity index (χ3n) is 2.14. The Kier molecular flexibility index (Phi) is 6.16. The monoisotopic (exact) mass is 341 g/mol. The lowest BCUT2D eigenvalue weighted by atomic mass is 10.0. The molecule has 84 valence electrons. The Morgan fingerprint density at radius 2 is 2.20 bits per heavy atom. The van der Waals surface area contributed by atoms with E-state index < -0.39 is 12.0 Å². The summed E-state index contributed by atoms with van der Waals surface area (Å²) in [4.78, 5) is 10.6. The maximum atomic E-state index is 10.6. The molecule has 0 heterocycles. The number of aliphatic carboxylic acids is 1. The van der Waals surface area contributed by atoms with Crippen LogP contribution in [0.3, 0.4) is 0 Å². The first-order valence-corrected chi connectivity index (χ1v) is 5.32. The molecule has 0 aromatic heterocycles. The first kappa shape index (κ1) is 14.7. The van der Waals surface area contributed by atoms with Gasteiger partial charge in [0, 0.05) is 3.57 Å². The number of nitrogens with two attached hydrogens (primary N) is 1. The lowest BCUT2D eigenvalue weighted by Gasteiger charge is -2.10. The number of rotatable bonds is 3. The van der Waals surface area contributed by atoms with Crippen LogP contribution in [-0.2, 0) is 11.2 Å². The van der Waals surface area contributed by atoms with Crippen molar-refractivity contribution in [3.8, 4) is 0 Å². The van der Waals surface area contributed by atoms with E-state index >= 15 is 0 Å². The number of halogens is 2. The molecule has 0 aliphatic carbocycles. The van der Waals surface area contributed by atoms with Gasteiger partial charge in [0.25, 0.3) is 0 Å².